The molecule has 0 aliphatic heterocycles. The number of aromatic nitrogens is 1. The SMILES string of the molecule is CCCCN(CC(N)=O)C(=O)c1cc(-c2ccccc2)on1. The summed E-state index contributed by atoms with van der Waals surface area (Å²) in [5.74, 6) is -0.382. The van der Waals surface area contributed by atoms with Gasteiger partial charge in [0, 0.05) is 18.2 Å². The van der Waals surface area contributed by atoms with Gasteiger partial charge in [0.15, 0.2) is 11.5 Å². The molecule has 0 unspecified atom stereocenters. The molecule has 2 amide bonds. The van der Waals surface area contributed by atoms with Crippen molar-refractivity contribution in [2.75, 3.05) is 13.1 Å². The zero-order chi connectivity index (χ0) is 15.9. The summed E-state index contributed by atoms with van der Waals surface area (Å²) in [6, 6.07) is 11.0. The van der Waals surface area contributed by atoms with Crippen LogP contribution >= 0.6 is 0 Å². The van der Waals surface area contributed by atoms with Crippen LogP contribution in [0.1, 0.15) is 30.3 Å². The van der Waals surface area contributed by atoms with Gasteiger partial charge >= 0.3 is 0 Å². The molecule has 1 heterocycles. The molecule has 0 saturated carbocycles. The fourth-order valence-corrected chi connectivity index (χ4v) is 2.07. The Labute approximate surface area is 128 Å². The average Bonchev–Trinajstić information content (AvgIpc) is 3.01. The van der Waals surface area contributed by atoms with Crippen LogP contribution < -0.4 is 5.73 Å². The zero-order valence-electron chi connectivity index (χ0n) is 12.5. The van der Waals surface area contributed by atoms with Crippen molar-refractivity contribution in [2.45, 2.75) is 19.8 Å². The maximum absolute atomic E-state index is 12.4. The number of amides is 2. The summed E-state index contributed by atoms with van der Waals surface area (Å²) in [6.45, 7) is 2.36. The molecule has 2 aromatic rings. The number of primary amides is 1. The molecule has 2 rings (SSSR count). The largest absolute Gasteiger partial charge is 0.368 e. The van der Waals surface area contributed by atoms with Gasteiger partial charge in [-0.05, 0) is 6.42 Å². The lowest BCUT2D eigenvalue weighted by atomic mass is 10.1. The summed E-state index contributed by atoms with van der Waals surface area (Å²) in [5, 5.41) is 3.81. The molecule has 0 bridgehead atoms. The second kappa shape index (κ2) is 7.40. The van der Waals surface area contributed by atoms with Crippen LogP contribution in [-0.2, 0) is 4.79 Å². The third kappa shape index (κ3) is 3.94. The highest BCUT2D eigenvalue weighted by molar-refractivity contribution is 5.95. The number of hydrogen-bond donors (Lipinski definition) is 1. The minimum absolute atomic E-state index is 0.119. The first-order chi connectivity index (χ1) is 10.6. The summed E-state index contributed by atoms with van der Waals surface area (Å²) >= 11 is 0. The van der Waals surface area contributed by atoms with E-state index in [0.717, 1.165) is 18.4 Å². The topological polar surface area (TPSA) is 89.4 Å². The van der Waals surface area contributed by atoms with Crippen molar-refractivity contribution >= 4 is 11.8 Å². The molecule has 1 aromatic heterocycles. The Kier molecular flexibility index (Phi) is 5.30. The van der Waals surface area contributed by atoms with Crippen LogP contribution in [0, 0.1) is 0 Å². The van der Waals surface area contributed by atoms with E-state index in [0.29, 0.717) is 12.3 Å². The van der Waals surface area contributed by atoms with Gasteiger partial charge in [0.25, 0.3) is 5.91 Å². The molecule has 22 heavy (non-hydrogen) atoms. The highest BCUT2D eigenvalue weighted by Gasteiger charge is 2.21. The molecule has 6 heteroatoms. The van der Waals surface area contributed by atoms with Crippen molar-refractivity contribution in [1.29, 1.82) is 0 Å². The second-order valence-corrected chi connectivity index (χ2v) is 4.99. The number of hydrogen-bond acceptors (Lipinski definition) is 4. The maximum atomic E-state index is 12.4. The van der Waals surface area contributed by atoms with Crippen molar-refractivity contribution in [3.05, 3.63) is 42.1 Å². The average molecular weight is 301 g/mol. The van der Waals surface area contributed by atoms with Crippen LogP contribution in [0.3, 0.4) is 0 Å². The minimum Gasteiger partial charge on any atom is -0.368 e. The molecular weight excluding hydrogens is 282 g/mol. The maximum Gasteiger partial charge on any atom is 0.276 e. The summed E-state index contributed by atoms with van der Waals surface area (Å²) in [6.07, 6.45) is 1.71. The fourth-order valence-electron chi connectivity index (χ4n) is 2.07. The Hall–Kier alpha value is -2.63. The molecule has 0 radical (unpaired) electrons. The highest BCUT2D eigenvalue weighted by atomic mass is 16.5. The van der Waals surface area contributed by atoms with Gasteiger partial charge in [-0.1, -0.05) is 48.8 Å². The predicted molar refractivity (Wildman–Crippen MR) is 81.9 cm³/mol. The highest BCUT2D eigenvalue weighted by Crippen LogP contribution is 2.20. The Morgan fingerprint density at radius 2 is 2.00 bits per heavy atom. The number of carbonyl (C=O) groups is 2. The lowest BCUT2D eigenvalue weighted by Crippen LogP contribution is -2.39. The second-order valence-electron chi connectivity index (χ2n) is 4.99. The smallest absolute Gasteiger partial charge is 0.276 e. The van der Waals surface area contributed by atoms with E-state index in [1.54, 1.807) is 6.07 Å². The van der Waals surface area contributed by atoms with E-state index in [4.69, 9.17) is 10.3 Å². The number of nitrogens with zero attached hydrogens (tertiary/aromatic N) is 2. The molecule has 1 aromatic carbocycles. The first kappa shape index (κ1) is 15.8. The van der Waals surface area contributed by atoms with Gasteiger partial charge < -0.3 is 15.2 Å². The van der Waals surface area contributed by atoms with Crippen molar-refractivity contribution in [2.24, 2.45) is 5.73 Å². The lowest BCUT2D eigenvalue weighted by molar-refractivity contribution is -0.118. The van der Waals surface area contributed by atoms with Gasteiger partial charge in [0.1, 0.15) is 0 Å². The van der Waals surface area contributed by atoms with Gasteiger partial charge in [-0.25, -0.2) is 0 Å². The van der Waals surface area contributed by atoms with Crippen LogP contribution in [0.15, 0.2) is 40.9 Å². The molecule has 0 saturated heterocycles. The fraction of sp³-hybridized carbons (Fsp3) is 0.312. The van der Waals surface area contributed by atoms with Crippen LogP contribution in [0.4, 0.5) is 0 Å². The van der Waals surface area contributed by atoms with Crippen LogP contribution in [0.2, 0.25) is 0 Å². The minimum atomic E-state index is -0.545. The summed E-state index contributed by atoms with van der Waals surface area (Å²) in [5.41, 5.74) is 6.21. The Balaban J connectivity index is 2.16. The van der Waals surface area contributed by atoms with Gasteiger partial charge in [-0.15, -0.1) is 0 Å². The van der Waals surface area contributed by atoms with Gasteiger partial charge in [0.2, 0.25) is 5.91 Å². The van der Waals surface area contributed by atoms with E-state index in [1.807, 2.05) is 37.3 Å². The zero-order valence-corrected chi connectivity index (χ0v) is 12.5. The number of rotatable bonds is 7. The van der Waals surface area contributed by atoms with E-state index < -0.39 is 5.91 Å². The van der Waals surface area contributed by atoms with Crippen LogP contribution in [0.25, 0.3) is 11.3 Å². The molecule has 0 aliphatic rings. The Bertz CT molecular complexity index is 637. The van der Waals surface area contributed by atoms with E-state index in [9.17, 15) is 9.59 Å². The van der Waals surface area contributed by atoms with Gasteiger partial charge in [-0.2, -0.15) is 0 Å². The summed E-state index contributed by atoms with van der Waals surface area (Å²) in [4.78, 5) is 24.9. The molecule has 116 valence electrons. The number of nitrogens with two attached hydrogens (primary N) is 1. The van der Waals surface area contributed by atoms with Crippen molar-refractivity contribution in [3.8, 4) is 11.3 Å². The monoisotopic (exact) mass is 301 g/mol. The molecular formula is C16H19N3O3. The summed E-state index contributed by atoms with van der Waals surface area (Å²) in [7, 11) is 0. The Morgan fingerprint density at radius 3 is 2.64 bits per heavy atom. The van der Waals surface area contributed by atoms with E-state index in [2.05, 4.69) is 5.16 Å². The normalized spacial score (nSPS) is 10.4. The predicted octanol–water partition coefficient (Wildman–Crippen LogP) is 2.07. The van der Waals surface area contributed by atoms with Crippen molar-refractivity contribution < 1.29 is 14.1 Å². The molecule has 2 N–H and O–H groups in total. The van der Waals surface area contributed by atoms with Crippen LogP contribution in [0.5, 0.6) is 0 Å². The molecule has 0 aliphatic carbocycles. The number of unbranched alkanes of at least 4 members (excludes halogenated alkanes) is 1. The molecule has 0 fully saturated rings. The first-order valence-electron chi connectivity index (χ1n) is 7.21. The summed E-state index contributed by atoms with van der Waals surface area (Å²) < 4.78 is 5.22. The van der Waals surface area contributed by atoms with E-state index in [1.165, 1.54) is 4.90 Å². The number of carbonyl (C=O) groups excluding carboxylic acids is 2. The van der Waals surface area contributed by atoms with Crippen LogP contribution in [-0.4, -0.2) is 35.0 Å². The van der Waals surface area contributed by atoms with Crippen molar-refractivity contribution in [3.63, 3.8) is 0 Å². The van der Waals surface area contributed by atoms with E-state index in [-0.39, 0.29) is 18.1 Å². The quantitative estimate of drug-likeness (QED) is 0.847. The molecule has 0 spiro atoms. The van der Waals surface area contributed by atoms with Crippen molar-refractivity contribution in [1.82, 2.24) is 10.1 Å². The van der Waals surface area contributed by atoms with Gasteiger partial charge in [0.05, 0.1) is 6.54 Å². The standard InChI is InChI=1S/C16H19N3O3/c1-2-3-9-19(11-15(17)20)16(21)13-10-14(22-18-13)12-7-5-4-6-8-12/h4-8,10H,2-3,9,11H2,1H3,(H2,17,20). The number of benzene rings is 1. The third-order valence-corrected chi connectivity index (χ3v) is 3.20. The third-order valence-electron chi connectivity index (χ3n) is 3.20. The lowest BCUT2D eigenvalue weighted by Gasteiger charge is -2.19. The Morgan fingerprint density at radius 1 is 1.27 bits per heavy atom. The van der Waals surface area contributed by atoms with E-state index >= 15 is 0 Å². The molecule has 6 nitrogen and oxygen atoms in total. The molecule has 0 atom stereocenters. The first-order valence-corrected chi connectivity index (χ1v) is 7.21. The van der Waals surface area contributed by atoms with Gasteiger partial charge in [-0.3, -0.25) is 9.59 Å².